The Kier molecular flexibility index (Phi) is 4.10. The highest BCUT2D eigenvalue weighted by atomic mass is 35.5. The van der Waals surface area contributed by atoms with E-state index in [0.717, 1.165) is 12.0 Å². The molecule has 0 saturated carbocycles. The molecule has 4 nitrogen and oxygen atoms in total. The average molecular weight is 281 g/mol. The van der Waals surface area contributed by atoms with Gasteiger partial charge in [0.25, 0.3) is 0 Å². The predicted molar refractivity (Wildman–Crippen MR) is 75.4 cm³/mol. The number of rotatable bonds is 3. The number of benzene rings is 1. The van der Waals surface area contributed by atoms with Gasteiger partial charge in [0, 0.05) is 10.7 Å². The zero-order valence-corrected chi connectivity index (χ0v) is 11.8. The Balaban J connectivity index is 2.34. The Morgan fingerprint density at radius 3 is 2.84 bits per heavy atom. The van der Waals surface area contributed by atoms with Crippen molar-refractivity contribution in [3.05, 3.63) is 28.8 Å². The third-order valence-electron chi connectivity index (χ3n) is 3.31. The Morgan fingerprint density at radius 1 is 1.42 bits per heavy atom. The number of piperazine rings is 1. The molecule has 1 saturated heterocycles. The average Bonchev–Trinajstić information content (AvgIpc) is 2.37. The molecule has 1 aromatic rings. The predicted octanol–water partition coefficient (Wildman–Crippen LogP) is 2.28. The number of hydrogen-bond acceptors (Lipinski definition) is 2. The van der Waals surface area contributed by atoms with Gasteiger partial charge in [-0.25, -0.2) is 0 Å². The van der Waals surface area contributed by atoms with Gasteiger partial charge in [0.15, 0.2) is 0 Å². The van der Waals surface area contributed by atoms with E-state index in [-0.39, 0.29) is 18.4 Å². The molecule has 5 heteroatoms. The Hall–Kier alpha value is -1.55. The molecular weight excluding hydrogens is 264 g/mol. The fourth-order valence-corrected chi connectivity index (χ4v) is 2.46. The van der Waals surface area contributed by atoms with Crippen molar-refractivity contribution >= 4 is 29.1 Å². The molecule has 0 spiro atoms. The summed E-state index contributed by atoms with van der Waals surface area (Å²) in [5.41, 5.74) is 1.54. The maximum Gasteiger partial charge on any atom is 0.250 e. The molecule has 1 atom stereocenters. The molecule has 1 aliphatic rings. The second kappa shape index (κ2) is 5.61. The van der Waals surface area contributed by atoms with Crippen molar-refractivity contribution in [3.8, 4) is 0 Å². The van der Waals surface area contributed by atoms with Gasteiger partial charge in [0.2, 0.25) is 11.8 Å². The summed E-state index contributed by atoms with van der Waals surface area (Å²) in [6.07, 6.45) is 1.50. The number of nitrogens with zero attached hydrogens (tertiary/aromatic N) is 1. The minimum atomic E-state index is -0.426. The monoisotopic (exact) mass is 280 g/mol. The normalized spacial score (nSPS) is 19.5. The molecule has 0 aromatic heterocycles. The van der Waals surface area contributed by atoms with Crippen LogP contribution < -0.4 is 10.2 Å². The smallest absolute Gasteiger partial charge is 0.250 e. The summed E-state index contributed by atoms with van der Waals surface area (Å²) in [4.78, 5) is 25.7. The van der Waals surface area contributed by atoms with Crippen LogP contribution in [0, 0.1) is 6.92 Å². The van der Waals surface area contributed by atoms with Crippen molar-refractivity contribution in [2.45, 2.75) is 32.7 Å². The van der Waals surface area contributed by atoms with Gasteiger partial charge in [0.05, 0.1) is 0 Å². The van der Waals surface area contributed by atoms with Crippen LogP contribution in [-0.2, 0) is 9.59 Å². The lowest BCUT2D eigenvalue weighted by atomic mass is 10.1. The molecule has 0 bridgehead atoms. The molecule has 2 amide bonds. The summed E-state index contributed by atoms with van der Waals surface area (Å²) in [6.45, 7) is 3.90. The van der Waals surface area contributed by atoms with E-state index in [9.17, 15) is 9.59 Å². The summed E-state index contributed by atoms with van der Waals surface area (Å²) in [7, 11) is 0. The quantitative estimate of drug-likeness (QED) is 0.923. The number of carbonyl (C=O) groups is 2. The van der Waals surface area contributed by atoms with Gasteiger partial charge < -0.3 is 10.2 Å². The number of nitrogens with one attached hydrogen (secondary N) is 1. The number of anilines is 1. The maximum atomic E-state index is 12.4. The first kappa shape index (κ1) is 13.9. The minimum absolute atomic E-state index is 0.0558. The van der Waals surface area contributed by atoms with Gasteiger partial charge in [0.1, 0.15) is 12.6 Å². The number of amides is 2. The maximum absolute atomic E-state index is 12.4. The summed E-state index contributed by atoms with van der Waals surface area (Å²) < 4.78 is 0. The molecular formula is C14H17ClN2O2. The number of carbonyl (C=O) groups excluding carboxylic acids is 2. The summed E-state index contributed by atoms with van der Waals surface area (Å²) >= 11 is 6.08. The van der Waals surface area contributed by atoms with Crippen LogP contribution in [0.1, 0.15) is 25.3 Å². The van der Waals surface area contributed by atoms with Crippen LogP contribution in [0.2, 0.25) is 5.02 Å². The Morgan fingerprint density at radius 2 is 2.16 bits per heavy atom. The molecule has 1 fully saturated rings. The van der Waals surface area contributed by atoms with Gasteiger partial charge in [-0.2, -0.15) is 0 Å². The van der Waals surface area contributed by atoms with E-state index in [1.54, 1.807) is 12.1 Å². The molecule has 19 heavy (non-hydrogen) atoms. The van der Waals surface area contributed by atoms with E-state index in [2.05, 4.69) is 5.32 Å². The SMILES string of the molecule is CCCC1NC(=O)CN(c2cccc(Cl)c2C)C1=O. The summed E-state index contributed by atoms with van der Waals surface area (Å²) in [5, 5.41) is 3.34. The standard InChI is InChI=1S/C14H17ClN2O2/c1-3-5-11-14(19)17(8-13(18)16-11)12-7-4-6-10(15)9(12)2/h4,6-7,11H,3,5,8H2,1-2H3,(H,16,18). The van der Waals surface area contributed by atoms with E-state index < -0.39 is 6.04 Å². The van der Waals surface area contributed by atoms with Gasteiger partial charge in [-0.15, -0.1) is 0 Å². The largest absolute Gasteiger partial charge is 0.343 e. The second-order valence-corrected chi connectivity index (χ2v) is 5.12. The van der Waals surface area contributed by atoms with Crippen LogP contribution >= 0.6 is 11.6 Å². The van der Waals surface area contributed by atoms with E-state index in [1.807, 2.05) is 19.9 Å². The molecule has 1 aromatic carbocycles. The minimum Gasteiger partial charge on any atom is -0.343 e. The van der Waals surface area contributed by atoms with Gasteiger partial charge in [-0.3, -0.25) is 9.59 Å². The lowest BCUT2D eigenvalue weighted by Crippen LogP contribution is -2.58. The lowest BCUT2D eigenvalue weighted by molar-refractivity contribution is -0.131. The zero-order valence-electron chi connectivity index (χ0n) is 11.1. The first-order valence-electron chi connectivity index (χ1n) is 6.40. The van der Waals surface area contributed by atoms with E-state index >= 15 is 0 Å². The highest BCUT2D eigenvalue weighted by molar-refractivity contribution is 6.31. The van der Waals surface area contributed by atoms with Crippen molar-refractivity contribution < 1.29 is 9.59 Å². The zero-order chi connectivity index (χ0) is 14.0. The highest BCUT2D eigenvalue weighted by Gasteiger charge is 2.33. The van der Waals surface area contributed by atoms with Crippen LogP contribution in [-0.4, -0.2) is 24.4 Å². The molecule has 1 N–H and O–H groups in total. The first-order valence-corrected chi connectivity index (χ1v) is 6.78. The Bertz CT molecular complexity index is 516. The topological polar surface area (TPSA) is 49.4 Å². The fraction of sp³-hybridized carbons (Fsp3) is 0.429. The van der Waals surface area contributed by atoms with Gasteiger partial charge in [-0.1, -0.05) is 31.0 Å². The highest BCUT2D eigenvalue weighted by Crippen LogP contribution is 2.28. The van der Waals surface area contributed by atoms with Crippen LogP contribution in [0.15, 0.2) is 18.2 Å². The number of halogens is 1. The lowest BCUT2D eigenvalue weighted by Gasteiger charge is -2.33. The third-order valence-corrected chi connectivity index (χ3v) is 3.72. The van der Waals surface area contributed by atoms with Crippen molar-refractivity contribution in [2.24, 2.45) is 0 Å². The molecule has 2 rings (SSSR count). The number of hydrogen-bond donors (Lipinski definition) is 1. The second-order valence-electron chi connectivity index (χ2n) is 4.72. The van der Waals surface area contributed by atoms with Crippen LogP contribution in [0.4, 0.5) is 5.69 Å². The van der Waals surface area contributed by atoms with Crippen LogP contribution in [0.25, 0.3) is 0 Å². The molecule has 0 aliphatic carbocycles. The van der Waals surface area contributed by atoms with Crippen LogP contribution in [0.3, 0.4) is 0 Å². The van der Waals surface area contributed by atoms with E-state index in [4.69, 9.17) is 11.6 Å². The van der Waals surface area contributed by atoms with Gasteiger partial charge in [-0.05, 0) is 31.0 Å². The van der Waals surface area contributed by atoms with Gasteiger partial charge >= 0.3 is 0 Å². The van der Waals surface area contributed by atoms with Crippen molar-refractivity contribution in [1.82, 2.24) is 5.32 Å². The van der Waals surface area contributed by atoms with E-state index in [1.165, 1.54) is 4.90 Å². The molecule has 0 radical (unpaired) electrons. The Labute approximate surface area is 117 Å². The van der Waals surface area contributed by atoms with Crippen LogP contribution in [0.5, 0.6) is 0 Å². The first-order chi connectivity index (χ1) is 9.04. The third kappa shape index (κ3) is 2.73. The summed E-state index contributed by atoms with van der Waals surface area (Å²) in [5.74, 6) is -0.191. The summed E-state index contributed by atoms with van der Waals surface area (Å²) in [6, 6.07) is 4.96. The molecule has 102 valence electrons. The van der Waals surface area contributed by atoms with E-state index in [0.29, 0.717) is 17.1 Å². The molecule has 1 aliphatic heterocycles. The molecule has 1 unspecified atom stereocenters. The fourth-order valence-electron chi connectivity index (χ4n) is 2.29. The van der Waals surface area contributed by atoms with Crippen molar-refractivity contribution in [1.29, 1.82) is 0 Å². The molecule has 1 heterocycles. The van der Waals surface area contributed by atoms with Crippen molar-refractivity contribution in [3.63, 3.8) is 0 Å². The van der Waals surface area contributed by atoms with Crippen molar-refractivity contribution in [2.75, 3.05) is 11.4 Å².